The quantitative estimate of drug-likeness (QED) is 0.249. The topological polar surface area (TPSA) is 103 Å². The summed E-state index contributed by atoms with van der Waals surface area (Å²) < 4.78 is 9.60. The number of nitrogens with one attached hydrogen (secondary N) is 1. The zero-order chi connectivity index (χ0) is 16.2. The number of hydrogen-bond donors (Lipinski definition) is 2. The summed E-state index contributed by atoms with van der Waals surface area (Å²) in [4.78, 5) is 22.7. The van der Waals surface area contributed by atoms with E-state index in [1.54, 1.807) is 0 Å². The van der Waals surface area contributed by atoms with Crippen LogP contribution in [0.3, 0.4) is 0 Å². The van der Waals surface area contributed by atoms with Crippen molar-refractivity contribution in [1.82, 2.24) is 5.32 Å². The van der Waals surface area contributed by atoms with Crippen LogP contribution in [0.5, 0.6) is 0 Å². The summed E-state index contributed by atoms with van der Waals surface area (Å²) in [5.41, 5.74) is 1.12. The summed E-state index contributed by atoms with van der Waals surface area (Å²) >= 11 is 0. The zero-order valence-corrected chi connectivity index (χ0v) is 12.6. The predicted molar refractivity (Wildman–Crippen MR) is 82.1 cm³/mol. The van der Waals surface area contributed by atoms with Crippen LogP contribution in [-0.2, 0) is 20.9 Å². The fraction of sp³-hybridized carbons (Fsp3) is 0.400. The van der Waals surface area contributed by atoms with Crippen molar-refractivity contribution in [3.05, 3.63) is 35.9 Å². The lowest BCUT2D eigenvalue weighted by molar-refractivity contribution is -0.132. The van der Waals surface area contributed by atoms with Gasteiger partial charge in [-0.15, -0.1) is 0 Å². The molecule has 1 rings (SSSR count). The highest BCUT2D eigenvalue weighted by Gasteiger charge is 2.10. The summed E-state index contributed by atoms with van der Waals surface area (Å²) in [5, 5.41) is 6.02. The molecule has 0 bridgehead atoms. The molecule has 3 N–H and O–H groups in total. The first-order chi connectivity index (χ1) is 10.7. The second-order valence-electron chi connectivity index (χ2n) is 4.51. The minimum absolute atomic E-state index is 0.189. The Labute approximate surface area is 129 Å². The second kappa shape index (κ2) is 10.2. The van der Waals surface area contributed by atoms with E-state index in [1.807, 2.05) is 30.3 Å². The van der Waals surface area contributed by atoms with Gasteiger partial charge in [0.25, 0.3) is 0 Å². The fourth-order valence-electron chi connectivity index (χ4n) is 1.72. The molecule has 7 heteroatoms. The van der Waals surface area contributed by atoms with Gasteiger partial charge in [-0.05, 0) is 24.8 Å². The number of nitrogens with two attached hydrogens (primary N) is 1. The minimum Gasteiger partial charge on any atom is -0.464 e. The molecule has 0 aliphatic rings. The summed E-state index contributed by atoms with van der Waals surface area (Å²) in [6.07, 6.45) is 1.27. The molecule has 0 aliphatic heterocycles. The number of carbonyl (C=O) groups excluding carboxylic acids is 2. The largest absolute Gasteiger partial charge is 0.464 e. The van der Waals surface area contributed by atoms with Crippen molar-refractivity contribution in [2.45, 2.75) is 25.9 Å². The van der Waals surface area contributed by atoms with Crippen molar-refractivity contribution < 1.29 is 19.1 Å². The maximum Gasteiger partial charge on any atom is 0.407 e. The first kappa shape index (κ1) is 17.5. The Balaban J connectivity index is 2.11. The average Bonchev–Trinajstić information content (AvgIpc) is 2.56. The molecule has 7 nitrogen and oxygen atoms in total. The highest BCUT2D eigenvalue weighted by Crippen LogP contribution is 2.01. The van der Waals surface area contributed by atoms with Crippen molar-refractivity contribution in [1.29, 1.82) is 0 Å². The number of alkyl carbamates (subject to hydrolysis) is 1. The number of ether oxygens (including phenoxy) is 2. The molecule has 0 radical (unpaired) electrons. The van der Waals surface area contributed by atoms with Gasteiger partial charge in [0.1, 0.15) is 12.3 Å². The molecular weight excluding hydrogens is 286 g/mol. The average molecular weight is 307 g/mol. The summed E-state index contributed by atoms with van der Waals surface area (Å²) in [7, 11) is 1.28. The molecule has 0 aliphatic carbocycles. The maximum atomic E-state index is 11.5. The van der Waals surface area contributed by atoms with Gasteiger partial charge in [-0.25, -0.2) is 9.59 Å². The molecule has 0 fully saturated rings. The van der Waals surface area contributed by atoms with Crippen LogP contribution in [-0.4, -0.2) is 31.4 Å². The zero-order valence-electron chi connectivity index (χ0n) is 12.6. The van der Waals surface area contributed by atoms with E-state index >= 15 is 0 Å². The molecule has 22 heavy (non-hydrogen) atoms. The second-order valence-corrected chi connectivity index (χ2v) is 4.51. The number of nitrogens with zero attached hydrogens (tertiary/aromatic N) is 1. The molecule has 0 spiro atoms. The number of rotatable bonds is 8. The number of unbranched alkanes of at least 4 members (excludes halogenated alkanes) is 1. The van der Waals surface area contributed by atoms with Gasteiger partial charge < -0.3 is 20.6 Å². The molecule has 0 aromatic heterocycles. The van der Waals surface area contributed by atoms with E-state index in [-0.39, 0.29) is 12.3 Å². The lowest BCUT2D eigenvalue weighted by atomic mass is 10.1. The van der Waals surface area contributed by atoms with E-state index in [0.29, 0.717) is 25.8 Å². The Morgan fingerprint density at radius 1 is 1.23 bits per heavy atom. The number of carbonyl (C=O) groups is 2. The van der Waals surface area contributed by atoms with Gasteiger partial charge >= 0.3 is 12.1 Å². The Morgan fingerprint density at radius 3 is 2.59 bits per heavy atom. The third-order valence-electron chi connectivity index (χ3n) is 2.90. The fourth-order valence-corrected chi connectivity index (χ4v) is 1.72. The molecule has 0 saturated heterocycles. The highest BCUT2D eigenvalue weighted by atomic mass is 16.5. The van der Waals surface area contributed by atoms with E-state index in [9.17, 15) is 9.59 Å². The number of benzene rings is 1. The minimum atomic E-state index is -0.530. The van der Waals surface area contributed by atoms with E-state index in [2.05, 4.69) is 15.2 Å². The van der Waals surface area contributed by atoms with Crippen molar-refractivity contribution in [2.75, 3.05) is 13.7 Å². The van der Waals surface area contributed by atoms with Gasteiger partial charge in [-0.2, -0.15) is 5.10 Å². The molecule has 1 aromatic carbocycles. The predicted octanol–water partition coefficient (Wildman–Crippen LogP) is 1.57. The van der Waals surface area contributed by atoms with Gasteiger partial charge in [0.05, 0.1) is 7.11 Å². The van der Waals surface area contributed by atoms with Crippen molar-refractivity contribution in [2.24, 2.45) is 10.9 Å². The van der Waals surface area contributed by atoms with Crippen molar-refractivity contribution >= 4 is 17.8 Å². The van der Waals surface area contributed by atoms with Crippen molar-refractivity contribution in [3.8, 4) is 0 Å². The number of hydrazone groups is 1. The summed E-state index contributed by atoms with van der Waals surface area (Å²) in [6, 6.07) is 9.43. The molecular formula is C15H21N3O4. The Bertz CT molecular complexity index is 503. The number of methoxy groups -OCH3 is 1. The van der Waals surface area contributed by atoms with Gasteiger partial charge in [0.15, 0.2) is 0 Å². The molecule has 1 aromatic rings. The lowest BCUT2D eigenvalue weighted by Gasteiger charge is -2.07. The van der Waals surface area contributed by atoms with Crippen LogP contribution in [0.1, 0.15) is 24.8 Å². The molecule has 0 heterocycles. The van der Waals surface area contributed by atoms with E-state index in [0.717, 1.165) is 5.56 Å². The maximum absolute atomic E-state index is 11.5. The number of amides is 1. The molecule has 120 valence electrons. The molecule has 1 amide bonds. The van der Waals surface area contributed by atoms with Crippen LogP contribution in [0.25, 0.3) is 0 Å². The van der Waals surface area contributed by atoms with Crippen LogP contribution in [0.4, 0.5) is 4.79 Å². The normalized spacial score (nSPS) is 10.9. The van der Waals surface area contributed by atoms with Crippen LogP contribution in [0.15, 0.2) is 35.4 Å². The van der Waals surface area contributed by atoms with Gasteiger partial charge in [-0.1, -0.05) is 30.3 Å². The van der Waals surface area contributed by atoms with Crippen LogP contribution >= 0.6 is 0 Å². The van der Waals surface area contributed by atoms with E-state index in [4.69, 9.17) is 10.6 Å². The van der Waals surface area contributed by atoms with E-state index < -0.39 is 12.1 Å². The van der Waals surface area contributed by atoms with E-state index in [1.165, 1.54) is 7.11 Å². The highest BCUT2D eigenvalue weighted by molar-refractivity contribution is 6.36. The van der Waals surface area contributed by atoms with Crippen LogP contribution in [0, 0.1) is 0 Å². The molecule has 0 saturated carbocycles. The first-order valence-electron chi connectivity index (χ1n) is 6.97. The third kappa shape index (κ3) is 6.74. The van der Waals surface area contributed by atoms with Crippen LogP contribution < -0.4 is 11.2 Å². The SMILES string of the molecule is COC(=O)/C(CCCCNC(=O)OCc1ccccc1)=N/N. The lowest BCUT2D eigenvalue weighted by Crippen LogP contribution is -2.25. The molecule has 0 unspecified atom stereocenters. The number of esters is 1. The summed E-state index contributed by atoms with van der Waals surface area (Å²) in [6.45, 7) is 0.686. The molecule has 0 atom stereocenters. The Morgan fingerprint density at radius 2 is 1.95 bits per heavy atom. The smallest absolute Gasteiger partial charge is 0.407 e. The Hall–Kier alpha value is -2.57. The van der Waals surface area contributed by atoms with Crippen molar-refractivity contribution in [3.63, 3.8) is 0 Å². The monoisotopic (exact) mass is 307 g/mol. The summed E-state index contributed by atoms with van der Waals surface area (Å²) in [5.74, 6) is 4.57. The van der Waals surface area contributed by atoms with Crippen LogP contribution in [0.2, 0.25) is 0 Å². The van der Waals surface area contributed by atoms with Gasteiger partial charge in [0.2, 0.25) is 0 Å². The number of hydrogen-bond acceptors (Lipinski definition) is 6. The third-order valence-corrected chi connectivity index (χ3v) is 2.90. The standard InChI is InChI=1S/C15H21N3O4/c1-21-14(19)13(18-16)9-5-6-10-17-15(20)22-11-12-7-3-2-4-8-12/h2-4,7-8H,5-6,9-11,16H2,1H3,(H,17,20)/b18-13+. The van der Waals surface area contributed by atoms with Gasteiger partial charge in [-0.3, -0.25) is 0 Å². The Kier molecular flexibility index (Phi) is 8.10. The van der Waals surface area contributed by atoms with Gasteiger partial charge in [0, 0.05) is 6.54 Å². The first-order valence-corrected chi connectivity index (χ1v) is 6.97.